The molecular weight excluding hydrogens is 849 g/mol. The van der Waals surface area contributed by atoms with Crippen LogP contribution in [0, 0.1) is 0 Å². The van der Waals surface area contributed by atoms with E-state index in [0.29, 0.717) is 0 Å². The van der Waals surface area contributed by atoms with Crippen molar-refractivity contribution in [3.63, 3.8) is 0 Å². The lowest BCUT2D eigenvalue weighted by molar-refractivity contribution is 0.660. The van der Waals surface area contributed by atoms with Gasteiger partial charge in [-0.25, -0.2) is 0 Å². The van der Waals surface area contributed by atoms with Gasteiger partial charge in [0.2, 0.25) is 0 Å². The third-order valence-electron chi connectivity index (χ3n) is 16.2. The Kier molecular flexibility index (Phi) is 7.88. The van der Waals surface area contributed by atoms with Crippen molar-refractivity contribution in [3.05, 3.63) is 241 Å². The Balaban J connectivity index is 1.03. The zero-order valence-corrected chi connectivity index (χ0v) is 39.6. The van der Waals surface area contributed by atoms with Gasteiger partial charge in [0.05, 0.1) is 44.8 Å². The van der Waals surface area contributed by atoms with Crippen LogP contribution < -0.4 is 9.80 Å². The van der Waals surface area contributed by atoms with Crippen molar-refractivity contribution in [3.8, 4) is 33.6 Å². The molecule has 3 heterocycles. The van der Waals surface area contributed by atoms with Crippen LogP contribution in [0.25, 0.3) is 77.2 Å². The normalized spacial score (nSPS) is 14.7. The molecule has 0 unspecified atom stereocenters. The monoisotopic (exact) mass is 896 g/mol. The first-order valence-corrected chi connectivity index (χ1v) is 24.6. The molecule has 2 aliphatic carbocycles. The van der Waals surface area contributed by atoms with E-state index in [1.54, 1.807) is 0 Å². The van der Waals surface area contributed by atoms with E-state index in [-0.39, 0.29) is 10.8 Å². The Morgan fingerprint density at radius 1 is 0.286 bits per heavy atom. The van der Waals surface area contributed by atoms with Crippen LogP contribution in [0.5, 0.6) is 0 Å². The maximum atomic E-state index is 2.55. The molecule has 15 rings (SSSR count). The molecule has 0 bridgehead atoms. The largest absolute Gasteiger partial charge is 0.309 e. The molecule has 12 aromatic rings. The second-order valence-electron chi connectivity index (χ2n) is 20.5. The van der Waals surface area contributed by atoms with Crippen LogP contribution in [-0.4, -0.2) is 9.13 Å². The highest BCUT2D eigenvalue weighted by molar-refractivity contribution is 6.26. The number of benzene rings is 10. The molecule has 3 aliphatic rings. The molecule has 0 saturated heterocycles. The predicted molar refractivity (Wildman–Crippen MR) is 293 cm³/mol. The van der Waals surface area contributed by atoms with Crippen molar-refractivity contribution in [1.82, 2.24) is 9.13 Å². The summed E-state index contributed by atoms with van der Waals surface area (Å²) in [6.45, 7) is 9.43. The molecule has 1 aliphatic heterocycles. The van der Waals surface area contributed by atoms with Gasteiger partial charge in [0.25, 0.3) is 0 Å². The minimum atomic E-state index is -0.0723. The first-order chi connectivity index (χ1) is 34.3. The van der Waals surface area contributed by atoms with Crippen LogP contribution in [0.2, 0.25) is 0 Å². The van der Waals surface area contributed by atoms with Crippen molar-refractivity contribution in [2.24, 2.45) is 0 Å². The number of hydrogen-bond acceptors (Lipinski definition) is 2. The Labute approximate surface area is 407 Å². The summed E-state index contributed by atoms with van der Waals surface area (Å²) in [6, 6.07) is 81.7. The van der Waals surface area contributed by atoms with Crippen molar-refractivity contribution in [2.45, 2.75) is 38.5 Å². The van der Waals surface area contributed by atoms with Gasteiger partial charge in [-0.15, -0.1) is 0 Å². The molecule has 2 aromatic heterocycles. The third kappa shape index (κ3) is 5.10. The van der Waals surface area contributed by atoms with Crippen LogP contribution in [0.3, 0.4) is 0 Å². The maximum absolute atomic E-state index is 2.55. The van der Waals surface area contributed by atoms with Crippen molar-refractivity contribution >= 4 is 77.7 Å². The van der Waals surface area contributed by atoms with Crippen LogP contribution in [0.4, 0.5) is 34.1 Å². The molecule has 70 heavy (non-hydrogen) atoms. The van der Waals surface area contributed by atoms with Crippen LogP contribution in [0.15, 0.2) is 218 Å². The Bertz CT molecular complexity index is 3920. The summed E-state index contributed by atoms with van der Waals surface area (Å²) in [5, 5.41) is 4.86. The summed E-state index contributed by atoms with van der Waals surface area (Å²) >= 11 is 0. The van der Waals surface area contributed by atoms with E-state index in [9.17, 15) is 0 Å². The second-order valence-corrected chi connectivity index (χ2v) is 20.5. The maximum Gasteiger partial charge on any atom is 0.0804 e. The van der Waals surface area contributed by atoms with Gasteiger partial charge in [-0.05, 0) is 129 Å². The van der Waals surface area contributed by atoms with Crippen LogP contribution in [0.1, 0.15) is 49.9 Å². The number of fused-ring (bicyclic) bond motifs is 16. The summed E-state index contributed by atoms with van der Waals surface area (Å²) in [7, 11) is 0. The molecule has 0 atom stereocenters. The third-order valence-corrected chi connectivity index (χ3v) is 16.2. The molecular formula is C66H48N4. The Morgan fingerprint density at radius 2 is 0.657 bits per heavy atom. The van der Waals surface area contributed by atoms with Gasteiger partial charge in [-0.1, -0.05) is 161 Å². The SMILES string of the molecule is CC1(C)c2ccccc2-c2cc(-n3c4ccccc4c4c5c(ccc43)N(c3ccccc3)c3c(ccc4c3c3ccccc3n4-c3ccc4c(c3)-c3ccccc3C4(C)C)N5c3ccccc3)ccc21. The molecule has 0 radical (unpaired) electrons. The molecule has 332 valence electrons. The topological polar surface area (TPSA) is 16.3 Å². The Morgan fingerprint density at radius 3 is 1.10 bits per heavy atom. The predicted octanol–water partition coefficient (Wildman–Crippen LogP) is 17.7. The molecule has 4 heteroatoms. The number of hydrogen-bond donors (Lipinski definition) is 0. The number of aromatic nitrogens is 2. The zero-order valence-electron chi connectivity index (χ0n) is 39.6. The number of anilines is 6. The fraction of sp³-hybridized carbons (Fsp3) is 0.0909. The molecule has 0 N–H and O–H groups in total. The summed E-state index contributed by atoms with van der Waals surface area (Å²) in [6.07, 6.45) is 0. The van der Waals surface area contributed by atoms with E-state index in [1.165, 1.54) is 88.1 Å². The van der Waals surface area contributed by atoms with Gasteiger partial charge in [0, 0.05) is 55.1 Å². The van der Waals surface area contributed by atoms with E-state index < -0.39 is 0 Å². The van der Waals surface area contributed by atoms with Gasteiger partial charge in [-0.2, -0.15) is 0 Å². The standard InChI is InChI=1S/C66H48N4/c1-65(2)51-27-15-11-23-45(51)49-39-43(31-33-53(49)65)67-55-29-17-13-25-47(55)61-57(67)35-37-59-63(61)69(41-19-7-5-8-20-41)60-38-36-58-62(64(60)70(59)42-21-9-6-10-22-42)48-26-14-18-30-56(48)68(58)44-32-34-54-50(40-44)46-24-12-16-28-52(46)66(54,3)4/h5-40H,1-4H3. The van der Waals surface area contributed by atoms with E-state index >= 15 is 0 Å². The molecule has 0 spiro atoms. The number of rotatable bonds is 4. The van der Waals surface area contributed by atoms with Crippen LogP contribution >= 0.6 is 0 Å². The summed E-state index contributed by atoms with van der Waals surface area (Å²) in [5.74, 6) is 0. The number of nitrogens with zero attached hydrogens (tertiary/aromatic N) is 4. The van der Waals surface area contributed by atoms with Gasteiger partial charge < -0.3 is 18.9 Å². The second kappa shape index (κ2) is 14.0. The Hall–Kier alpha value is -8.60. The number of para-hydroxylation sites is 4. The van der Waals surface area contributed by atoms with Gasteiger partial charge in [-0.3, -0.25) is 0 Å². The van der Waals surface area contributed by atoms with Crippen molar-refractivity contribution < 1.29 is 0 Å². The fourth-order valence-electron chi connectivity index (χ4n) is 13.1. The molecule has 0 saturated carbocycles. The minimum Gasteiger partial charge on any atom is -0.309 e. The first-order valence-electron chi connectivity index (χ1n) is 24.6. The van der Waals surface area contributed by atoms with Crippen LogP contribution in [-0.2, 0) is 10.8 Å². The van der Waals surface area contributed by atoms with Gasteiger partial charge in [0.15, 0.2) is 0 Å². The van der Waals surface area contributed by atoms with Crippen molar-refractivity contribution in [2.75, 3.05) is 9.80 Å². The lowest BCUT2D eigenvalue weighted by atomic mass is 9.82. The van der Waals surface area contributed by atoms with Gasteiger partial charge in [0.1, 0.15) is 0 Å². The van der Waals surface area contributed by atoms with E-state index in [4.69, 9.17) is 0 Å². The summed E-state index contributed by atoms with van der Waals surface area (Å²) < 4.78 is 5.00. The highest BCUT2D eigenvalue weighted by Crippen LogP contribution is 2.61. The van der Waals surface area contributed by atoms with Crippen molar-refractivity contribution in [1.29, 1.82) is 0 Å². The summed E-state index contributed by atoms with van der Waals surface area (Å²) in [5.41, 5.74) is 24.5. The quantitative estimate of drug-likeness (QED) is 0.175. The molecule has 10 aromatic carbocycles. The lowest BCUT2D eigenvalue weighted by Crippen LogP contribution is -2.24. The average molecular weight is 897 g/mol. The average Bonchev–Trinajstić information content (AvgIpc) is 4.07. The molecule has 4 nitrogen and oxygen atoms in total. The van der Waals surface area contributed by atoms with E-state index in [1.807, 2.05) is 0 Å². The van der Waals surface area contributed by atoms with E-state index in [2.05, 4.69) is 265 Å². The molecule has 0 fully saturated rings. The zero-order chi connectivity index (χ0) is 46.6. The summed E-state index contributed by atoms with van der Waals surface area (Å²) in [4.78, 5) is 5.09. The highest BCUT2D eigenvalue weighted by atomic mass is 15.3. The highest BCUT2D eigenvalue weighted by Gasteiger charge is 2.39. The van der Waals surface area contributed by atoms with E-state index in [0.717, 1.165) is 45.5 Å². The van der Waals surface area contributed by atoms with Gasteiger partial charge >= 0.3 is 0 Å². The first kappa shape index (κ1) is 39.4. The smallest absolute Gasteiger partial charge is 0.0804 e. The minimum absolute atomic E-state index is 0.0723. The fourth-order valence-corrected chi connectivity index (χ4v) is 13.1. The molecule has 0 amide bonds. The lowest BCUT2D eigenvalue weighted by Gasteiger charge is -2.41.